The molecule has 7 nitrogen and oxygen atoms in total. The first-order chi connectivity index (χ1) is 16.3. The molecule has 1 atom stereocenters. The van der Waals surface area contributed by atoms with Gasteiger partial charge in [0, 0.05) is 37.1 Å². The summed E-state index contributed by atoms with van der Waals surface area (Å²) >= 11 is 0. The predicted octanol–water partition coefficient (Wildman–Crippen LogP) is 4.37. The van der Waals surface area contributed by atoms with Gasteiger partial charge in [-0.2, -0.15) is 0 Å². The highest BCUT2D eigenvalue weighted by molar-refractivity contribution is 5.51. The molecule has 0 spiro atoms. The normalized spacial score (nSPS) is 19.6. The molecule has 1 unspecified atom stereocenters. The van der Waals surface area contributed by atoms with Crippen molar-refractivity contribution in [1.29, 1.82) is 0 Å². The summed E-state index contributed by atoms with van der Waals surface area (Å²) in [5.74, 6) is 1.13. The summed E-state index contributed by atoms with van der Waals surface area (Å²) in [5.41, 5.74) is 0.786. The van der Waals surface area contributed by atoms with Gasteiger partial charge in [0.2, 0.25) is 0 Å². The molecule has 3 aromatic rings. The van der Waals surface area contributed by atoms with Crippen molar-refractivity contribution in [1.82, 2.24) is 19.7 Å². The Morgan fingerprint density at radius 1 is 1.09 bits per heavy atom. The van der Waals surface area contributed by atoms with Crippen LogP contribution in [0.5, 0.6) is 0 Å². The van der Waals surface area contributed by atoms with Gasteiger partial charge in [-0.1, -0.05) is 6.07 Å². The predicted molar refractivity (Wildman–Crippen MR) is 121 cm³/mol. The largest absolute Gasteiger partial charge is 0.374 e. The summed E-state index contributed by atoms with van der Waals surface area (Å²) in [5, 5.41) is 17.2. The Hall–Kier alpha value is -2.92. The number of nitrogens with zero attached hydrogens (tertiary/aromatic N) is 4. The molecule has 0 aromatic carbocycles. The van der Waals surface area contributed by atoms with E-state index in [1.807, 2.05) is 6.07 Å². The lowest BCUT2D eigenvalue weighted by molar-refractivity contribution is 0.112. The fourth-order valence-corrected chi connectivity index (χ4v) is 4.27. The number of hydrogen-bond acceptors (Lipinski definition) is 6. The van der Waals surface area contributed by atoms with Crippen molar-refractivity contribution in [2.45, 2.75) is 56.8 Å². The fourth-order valence-electron chi connectivity index (χ4n) is 4.27. The lowest BCUT2D eigenvalue weighted by Crippen LogP contribution is -2.39. The maximum atomic E-state index is 13.0. The van der Waals surface area contributed by atoms with E-state index in [2.05, 4.69) is 20.6 Å². The zero-order valence-corrected chi connectivity index (χ0v) is 18.7. The third-order valence-electron chi connectivity index (χ3n) is 6.10. The molecule has 184 valence electrons. The van der Waals surface area contributed by atoms with Gasteiger partial charge < -0.3 is 15.3 Å². The van der Waals surface area contributed by atoms with Crippen molar-refractivity contribution in [3.05, 3.63) is 54.0 Å². The quantitative estimate of drug-likeness (QED) is 0.312. The highest BCUT2D eigenvalue weighted by Gasteiger charge is 2.24. The average Bonchev–Trinajstić information content (AvgIpc) is 3.26. The Balaban J connectivity index is 1.29. The second-order valence-electron chi connectivity index (χ2n) is 8.59. The Kier molecular flexibility index (Phi) is 7.52. The Bertz CT molecular complexity index is 1070. The molecule has 0 saturated heterocycles. The molecule has 4 rings (SSSR count). The van der Waals surface area contributed by atoms with Crippen molar-refractivity contribution in [2.24, 2.45) is 0 Å². The van der Waals surface area contributed by atoms with Gasteiger partial charge in [0.15, 0.2) is 0 Å². The van der Waals surface area contributed by atoms with E-state index in [4.69, 9.17) is 0 Å². The lowest BCUT2D eigenvalue weighted by atomic mass is 9.91. The molecule has 34 heavy (non-hydrogen) atoms. The lowest BCUT2D eigenvalue weighted by Gasteiger charge is -2.32. The zero-order chi connectivity index (χ0) is 24.2. The maximum absolute atomic E-state index is 13.0. The Morgan fingerprint density at radius 2 is 1.82 bits per heavy atom. The molecular weight excluding hydrogens is 452 g/mol. The van der Waals surface area contributed by atoms with Crippen LogP contribution in [0.25, 0.3) is 5.65 Å². The summed E-state index contributed by atoms with van der Waals surface area (Å²) in [6.45, 7) is -0.410. The molecule has 11 heteroatoms. The minimum atomic E-state index is -2.62. The van der Waals surface area contributed by atoms with Gasteiger partial charge in [-0.25, -0.2) is 27.5 Å². The summed E-state index contributed by atoms with van der Waals surface area (Å²) < 4.78 is 52.7. The molecule has 0 radical (unpaired) electrons. The third-order valence-corrected chi connectivity index (χ3v) is 6.10. The van der Waals surface area contributed by atoms with E-state index in [0.717, 1.165) is 31.5 Å². The second-order valence-corrected chi connectivity index (χ2v) is 8.59. The summed E-state index contributed by atoms with van der Waals surface area (Å²) in [4.78, 5) is 9.49. The number of imidazole rings is 1. The fraction of sp³-hybridized carbons (Fsp3) is 0.478. The highest BCUT2D eigenvalue weighted by Crippen LogP contribution is 2.26. The summed E-state index contributed by atoms with van der Waals surface area (Å²) in [6.07, 6.45) is 0.178. The van der Waals surface area contributed by atoms with E-state index < -0.39 is 25.6 Å². The number of hydrogen-bond donors (Lipinski definition) is 3. The van der Waals surface area contributed by atoms with Gasteiger partial charge in [-0.05, 0) is 49.9 Å². The van der Waals surface area contributed by atoms with Gasteiger partial charge in [-0.15, -0.1) is 0 Å². The topological polar surface area (TPSA) is 77.7 Å². The molecule has 1 fully saturated rings. The number of aromatic nitrogens is 3. The molecule has 3 N–H and O–H groups in total. The van der Waals surface area contributed by atoms with Crippen LogP contribution in [0.4, 0.5) is 29.2 Å². The van der Waals surface area contributed by atoms with Crippen LogP contribution in [0.3, 0.4) is 0 Å². The number of alkyl halides is 4. The van der Waals surface area contributed by atoms with E-state index in [1.165, 1.54) is 17.3 Å². The van der Waals surface area contributed by atoms with Crippen LogP contribution in [0.1, 0.15) is 49.6 Å². The van der Waals surface area contributed by atoms with Crippen molar-refractivity contribution in [2.75, 3.05) is 23.8 Å². The number of aliphatic hydroxyl groups excluding tert-OH is 1. The minimum absolute atomic E-state index is 0.101. The number of nitrogens with one attached hydrogen (secondary N) is 2. The Morgan fingerprint density at radius 3 is 2.47 bits per heavy atom. The average molecular weight is 481 g/mol. The third kappa shape index (κ3) is 5.76. The van der Waals surface area contributed by atoms with E-state index in [-0.39, 0.29) is 17.8 Å². The first kappa shape index (κ1) is 24.2. The molecule has 0 aliphatic heterocycles. The standard InChI is InChI=1S/C23H28F4N6O/c1-32(13-18(24)25)19-10-5-14(11-28-19)23(34)30-16-8-6-15(7-9-16)29-20-3-2-4-21-31-17(22(26)27)12-33(20)21/h2-5,10-12,15-16,18,22-23,29-30,34H,6-9,13H2,1H3. The first-order valence-electron chi connectivity index (χ1n) is 11.2. The van der Waals surface area contributed by atoms with Gasteiger partial charge in [0.1, 0.15) is 29.2 Å². The zero-order valence-electron chi connectivity index (χ0n) is 18.7. The van der Waals surface area contributed by atoms with E-state index >= 15 is 0 Å². The second kappa shape index (κ2) is 10.6. The summed E-state index contributed by atoms with van der Waals surface area (Å²) in [7, 11) is 1.54. The van der Waals surface area contributed by atoms with Gasteiger partial charge >= 0.3 is 0 Å². The van der Waals surface area contributed by atoms with Crippen LogP contribution in [0.2, 0.25) is 0 Å². The summed E-state index contributed by atoms with van der Waals surface area (Å²) in [6, 6.07) is 8.88. The molecular formula is C23H28F4N6O. The first-order valence-corrected chi connectivity index (χ1v) is 11.2. The van der Waals surface area contributed by atoms with Gasteiger partial charge in [-0.3, -0.25) is 9.72 Å². The van der Waals surface area contributed by atoms with Gasteiger partial charge in [0.05, 0.1) is 6.54 Å². The van der Waals surface area contributed by atoms with Crippen molar-refractivity contribution >= 4 is 17.3 Å². The van der Waals surface area contributed by atoms with E-state index in [9.17, 15) is 22.7 Å². The molecule has 1 aliphatic carbocycles. The Labute approximate surface area is 194 Å². The van der Waals surface area contributed by atoms with E-state index in [1.54, 1.807) is 35.7 Å². The molecule has 1 aliphatic rings. The van der Waals surface area contributed by atoms with Crippen LogP contribution in [0.15, 0.2) is 42.7 Å². The molecule has 0 bridgehead atoms. The number of fused-ring (bicyclic) bond motifs is 1. The van der Waals surface area contributed by atoms with E-state index in [0.29, 0.717) is 17.0 Å². The molecule has 3 heterocycles. The van der Waals surface area contributed by atoms with Crippen LogP contribution in [-0.4, -0.2) is 51.6 Å². The van der Waals surface area contributed by atoms with Crippen molar-refractivity contribution in [3.8, 4) is 0 Å². The van der Waals surface area contributed by atoms with Crippen molar-refractivity contribution < 1.29 is 22.7 Å². The number of pyridine rings is 2. The van der Waals surface area contributed by atoms with Gasteiger partial charge in [0.25, 0.3) is 12.9 Å². The maximum Gasteiger partial charge on any atom is 0.281 e. The molecule has 3 aromatic heterocycles. The van der Waals surface area contributed by atoms with Crippen LogP contribution < -0.4 is 15.5 Å². The highest BCUT2D eigenvalue weighted by atomic mass is 19.3. The molecule has 0 amide bonds. The smallest absolute Gasteiger partial charge is 0.281 e. The number of anilines is 2. The van der Waals surface area contributed by atoms with Crippen LogP contribution in [-0.2, 0) is 0 Å². The van der Waals surface area contributed by atoms with Crippen molar-refractivity contribution in [3.63, 3.8) is 0 Å². The minimum Gasteiger partial charge on any atom is -0.374 e. The molecule has 1 saturated carbocycles. The number of halogens is 4. The monoisotopic (exact) mass is 480 g/mol. The number of rotatable bonds is 9. The number of aliphatic hydroxyl groups is 1. The van der Waals surface area contributed by atoms with Crippen LogP contribution >= 0.6 is 0 Å². The SMILES string of the molecule is CN(CC(F)F)c1ccc(C(O)NC2CCC(Nc3cccc4nc(C(F)F)cn34)CC2)cn1. The van der Waals surface area contributed by atoms with Crippen LogP contribution in [0, 0.1) is 0 Å².